The zero-order valence-corrected chi connectivity index (χ0v) is 17.5. The fourth-order valence-electron chi connectivity index (χ4n) is 6.30. The maximum absolute atomic E-state index is 13.4. The molecule has 0 aliphatic heterocycles. The molecule has 30 heavy (non-hydrogen) atoms. The van der Waals surface area contributed by atoms with Crippen LogP contribution in [0.25, 0.3) is 0 Å². The molecule has 8 heteroatoms. The lowest BCUT2D eigenvalue weighted by atomic mass is 9.48. The van der Waals surface area contributed by atoms with E-state index in [1.54, 1.807) is 6.92 Å². The number of ether oxygens (including phenoxy) is 3. The van der Waals surface area contributed by atoms with Crippen LogP contribution >= 0.6 is 0 Å². The summed E-state index contributed by atoms with van der Waals surface area (Å²) in [4.78, 5) is 37.0. The van der Waals surface area contributed by atoms with Gasteiger partial charge in [-0.1, -0.05) is 0 Å². The van der Waals surface area contributed by atoms with Crippen molar-refractivity contribution in [1.82, 2.24) is 0 Å². The lowest BCUT2D eigenvalue weighted by Gasteiger charge is -2.56. The van der Waals surface area contributed by atoms with Crippen molar-refractivity contribution in [2.45, 2.75) is 51.6 Å². The van der Waals surface area contributed by atoms with Crippen LogP contribution in [-0.4, -0.2) is 37.0 Å². The molecule has 4 aliphatic carbocycles. The minimum atomic E-state index is -0.957. The van der Waals surface area contributed by atoms with Crippen LogP contribution in [0.15, 0.2) is 12.1 Å². The van der Waals surface area contributed by atoms with E-state index in [0.29, 0.717) is 17.8 Å². The standard InChI is InChI=1S/C22H27NO7/c1-12(20(24)22-9-13-4-14(10-22)6-15(5-13)11-22)30-21(25)16-7-18(28-2)19(29-3)8-17(16)23(26)27/h7-8,12-15H,4-6,9-11H2,1-3H3. The van der Waals surface area contributed by atoms with E-state index in [4.69, 9.17) is 14.2 Å². The molecular formula is C22H27NO7. The van der Waals surface area contributed by atoms with Gasteiger partial charge in [0.2, 0.25) is 0 Å². The number of esters is 1. The zero-order chi connectivity index (χ0) is 21.6. The van der Waals surface area contributed by atoms with E-state index in [-0.39, 0.29) is 22.8 Å². The molecule has 0 spiro atoms. The first-order chi connectivity index (χ1) is 14.3. The molecule has 4 fully saturated rings. The molecule has 162 valence electrons. The van der Waals surface area contributed by atoms with E-state index in [2.05, 4.69) is 0 Å². The number of ketones is 1. The van der Waals surface area contributed by atoms with Gasteiger partial charge in [-0.25, -0.2) is 4.79 Å². The van der Waals surface area contributed by atoms with Crippen molar-refractivity contribution < 1.29 is 28.7 Å². The third-order valence-electron chi connectivity index (χ3n) is 7.13. The average molecular weight is 417 g/mol. The lowest BCUT2D eigenvalue weighted by Crippen LogP contribution is -2.52. The zero-order valence-electron chi connectivity index (χ0n) is 17.5. The van der Waals surface area contributed by atoms with Gasteiger partial charge in [-0.15, -0.1) is 0 Å². The third-order valence-corrected chi connectivity index (χ3v) is 7.13. The first-order valence-corrected chi connectivity index (χ1v) is 10.4. The number of benzene rings is 1. The van der Waals surface area contributed by atoms with Crippen LogP contribution in [0.5, 0.6) is 11.5 Å². The predicted molar refractivity (Wildman–Crippen MR) is 107 cm³/mol. The highest BCUT2D eigenvalue weighted by atomic mass is 16.6. The van der Waals surface area contributed by atoms with Gasteiger partial charge in [-0.2, -0.15) is 0 Å². The van der Waals surface area contributed by atoms with Crippen LogP contribution in [0, 0.1) is 33.3 Å². The number of nitro benzene ring substituents is 1. The van der Waals surface area contributed by atoms with Gasteiger partial charge in [-0.05, 0) is 63.2 Å². The Hall–Kier alpha value is -2.64. The number of Topliss-reactive ketones (excluding diaryl/α,β-unsaturated/α-hetero) is 1. The average Bonchev–Trinajstić information content (AvgIpc) is 2.70. The van der Waals surface area contributed by atoms with Crippen molar-refractivity contribution in [1.29, 1.82) is 0 Å². The van der Waals surface area contributed by atoms with Gasteiger partial charge >= 0.3 is 5.97 Å². The fourth-order valence-corrected chi connectivity index (χ4v) is 6.30. The smallest absolute Gasteiger partial charge is 0.346 e. The molecule has 0 heterocycles. The van der Waals surface area contributed by atoms with Crippen LogP contribution < -0.4 is 9.47 Å². The minimum absolute atomic E-state index is 0.0434. The molecule has 0 N–H and O–H groups in total. The molecule has 0 aromatic heterocycles. The number of hydrogen-bond acceptors (Lipinski definition) is 7. The van der Waals surface area contributed by atoms with Gasteiger partial charge < -0.3 is 14.2 Å². The normalized spacial score (nSPS) is 29.9. The summed E-state index contributed by atoms with van der Waals surface area (Å²) in [7, 11) is 2.73. The van der Waals surface area contributed by atoms with Crippen molar-refractivity contribution in [3.8, 4) is 11.5 Å². The van der Waals surface area contributed by atoms with Crippen molar-refractivity contribution >= 4 is 17.4 Å². The van der Waals surface area contributed by atoms with Gasteiger partial charge in [0.25, 0.3) is 5.69 Å². The molecule has 4 bridgehead atoms. The van der Waals surface area contributed by atoms with Gasteiger partial charge in [0.1, 0.15) is 5.56 Å². The Balaban J connectivity index is 1.55. The lowest BCUT2D eigenvalue weighted by molar-refractivity contribution is -0.385. The molecular weight excluding hydrogens is 390 g/mol. The minimum Gasteiger partial charge on any atom is -0.493 e. The summed E-state index contributed by atoms with van der Waals surface area (Å²) in [6.45, 7) is 1.57. The number of hydrogen-bond donors (Lipinski definition) is 0. The topological polar surface area (TPSA) is 105 Å². The Bertz CT molecular complexity index is 858. The van der Waals surface area contributed by atoms with Gasteiger partial charge in [-0.3, -0.25) is 14.9 Å². The molecule has 1 aromatic rings. The molecule has 5 rings (SSSR count). The molecule has 4 saturated carbocycles. The maximum Gasteiger partial charge on any atom is 0.346 e. The summed E-state index contributed by atoms with van der Waals surface area (Å²) in [6, 6.07) is 2.35. The van der Waals surface area contributed by atoms with E-state index < -0.39 is 28.1 Å². The summed E-state index contributed by atoms with van der Waals surface area (Å²) in [5.74, 6) is 1.14. The number of carbonyl (C=O) groups is 2. The predicted octanol–water partition coefficient (Wildman–Crippen LogP) is 3.94. The van der Waals surface area contributed by atoms with E-state index in [9.17, 15) is 19.7 Å². The van der Waals surface area contributed by atoms with Crippen molar-refractivity contribution in [2.75, 3.05) is 14.2 Å². The van der Waals surface area contributed by atoms with Gasteiger partial charge in [0, 0.05) is 11.5 Å². The highest BCUT2D eigenvalue weighted by molar-refractivity contribution is 5.98. The molecule has 1 aromatic carbocycles. The van der Waals surface area contributed by atoms with Crippen LogP contribution in [0.1, 0.15) is 55.8 Å². The molecule has 4 aliphatic rings. The Morgan fingerprint density at radius 3 is 2.00 bits per heavy atom. The van der Waals surface area contributed by atoms with Crippen molar-refractivity contribution in [3.63, 3.8) is 0 Å². The Morgan fingerprint density at radius 1 is 1.03 bits per heavy atom. The van der Waals surface area contributed by atoms with Crippen molar-refractivity contribution in [2.24, 2.45) is 23.2 Å². The van der Waals surface area contributed by atoms with E-state index in [1.807, 2.05) is 0 Å². The quantitative estimate of drug-likeness (QED) is 0.376. The molecule has 0 amide bonds. The first kappa shape index (κ1) is 20.6. The largest absolute Gasteiger partial charge is 0.493 e. The molecule has 1 atom stereocenters. The second-order valence-corrected chi connectivity index (χ2v) is 9.09. The highest BCUT2D eigenvalue weighted by Crippen LogP contribution is 2.60. The number of methoxy groups -OCH3 is 2. The van der Waals surface area contributed by atoms with Gasteiger partial charge in [0.15, 0.2) is 23.4 Å². The van der Waals surface area contributed by atoms with Crippen LogP contribution in [0.2, 0.25) is 0 Å². The molecule has 8 nitrogen and oxygen atoms in total. The Morgan fingerprint density at radius 2 is 1.53 bits per heavy atom. The Kier molecular flexibility index (Phi) is 5.20. The third kappa shape index (κ3) is 3.42. The molecule has 0 radical (unpaired) electrons. The summed E-state index contributed by atoms with van der Waals surface area (Å²) < 4.78 is 15.7. The van der Waals surface area contributed by atoms with Crippen molar-refractivity contribution in [3.05, 3.63) is 27.8 Å². The number of nitro groups is 1. The Labute approximate surface area is 175 Å². The fraction of sp³-hybridized carbons (Fsp3) is 0.636. The van der Waals surface area contributed by atoms with Crippen LogP contribution in [-0.2, 0) is 9.53 Å². The van der Waals surface area contributed by atoms with Crippen LogP contribution in [0.3, 0.4) is 0 Å². The highest BCUT2D eigenvalue weighted by Gasteiger charge is 2.55. The number of nitrogens with zero attached hydrogens (tertiary/aromatic N) is 1. The van der Waals surface area contributed by atoms with Crippen LogP contribution in [0.4, 0.5) is 5.69 Å². The van der Waals surface area contributed by atoms with E-state index >= 15 is 0 Å². The number of rotatable bonds is 7. The summed E-state index contributed by atoms with van der Waals surface area (Å²) in [5, 5.41) is 11.5. The monoisotopic (exact) mass is 417 g/mol. The second-order valence-electron chi connectivity index (χ2n) is 9.09. The van der Waals surface area contributed by atoms with E-state index in [0.717, 1.165) is 25.3 Å². The van der Waals surface area contributed by atoms with E-state index in [1.165, 1.54) is 39.5 Å². The van der Waals surface area contributed by atoms with Gasteiger partial charge in [0.05, 0.1) is 25.2 Å². The number of carbonyl (C=O) groups excluding carboxylic acids is 2. The molecule has 0 saturated heterocycles. The summed E-state index contributed by atoms with van der Waals surface area (Å²) in [5.41, 5.74) is -1.12. The summed E-state index contributed by atoms with van der Waals surface area (Å²) in [6.07, 6.45) is 5.28. The maximum atomic E-state index is 13.4. The SMILES string of the molecule is COc1cc(C(=O)OC(C)C(=O)C23CC4CC(CC(C4)C2)C3)c([N+](=O)[O-])cc1OC. The first-order valence-electron chi connectivity index (χ1n) is 10.4. The molecule has 1 unspecified atom stereocenters. The second kappa shape index (κ2) is 7.56. The summed E-state index contributed by atoms with van der Waals surface area (Å²) >= 11 is 0.